The minimum absolute atomic E-state index is 0.193. The number of rotatable bonds is 5. The van der Waals surface area contributed by atoms with Gasteiger partial charge in [-0.15, -0.1) is 0 Å². The number of carbonyl (C=O) groups excluding carboxylic acids is 1. The van der Waals surface area contributed by atoms with Gasteiger partial charge in [-0.1, -0.05) is 24.3 Å². The van der Waals surface area contributed by atoms with E-state index in [0.29, 0.717) is 6.42 Å². The molecule has 7 heteroatoms. The van der Waals surface area contributed by atoms with E-state index in [1.807, 2.05) is 41.3 Å². The molecule has 32 heavy (non-hydrogen) atoms. The van der Waals surface area contributed by atoms with Gasteiger partial charge in [0.15, 0.2) is 0 Å². The van der Waals surface area contributed by atoms with Crippen molar-refractivity contribution in [3.8, 4) is 16.9 Å². The second kappa shape index (κ2) is 8.96. The first-order valence-electron chi connectivity index (χ1n) is 11.0. The van der Waals surface area contributed by atoms with Crippen LogP contribution in [0.15, 0.2) is 67.0 Å². The normalized spacial score (nSPS) is 19.4. The molecule has 0 radical (unpaired) electrons. The summed E-state index contributed by atoms with van der Waals surface area (Å²) < 4.78 is 5.33. The molecule has 0 N–H and O–H groups in total. The van der Waals surface area contributed by atoms with Crippen molar-refractivity contribution < 1.29 is 9.53 Å². The second-order valence-electron chi connectivity index (χ2n) is 8.21. The molecule has 3 heterocycles. The maximum absolute atomic E-state index is 12.8. The van der Waals surface area contributed by atoms with Gasteiger partial charge in [0.25, 0.3) is 0 Å². The molecule has 1 atom stereocenters. The molecule has 5 rings (SSSR count). The first-order valence-corrected chi connectivity index (χ1v) is 11.0. The Morgan fingerprint density at radius 3 is 2.38 bits per heavy atom. The van der Waals surface area contributed by atoms with Gasteiger partial charge in [-0.05, 0) is 41.5 Å². The number of piperazine rings is 1. The number of hydrogen-bond acceptors (Lipinski definition) is 6. The highest BCUT2D eigenvalue weighted by molar-refractivity contribution is 5.96. The zero-order valence-electron chi connectivity index (χ0n) is 18.2. The molecule has 1 amide bonds. The van der Waals surface area contributed by atoms with Crippen LogP contribution in [-0.2, 0) is 4.79 Å². The fourth-order valence-electron chi connectivity index (χ4n) is 4.56. The van der Waals surface area contributed by atoms with E-state index in [-0.39, 0.29) is 11.9 Å². The number of anilines is 2. The van der Waals surface area contributed by atoms with E-state index in [4.69, 9.17) is 4.74 Å². The molecular formula is C25H27N5O2. The summed E-state index contributed by atoms with van der Waals surface area (Å²) in [7, 11) is 1.67. The minimum atomic E-state index is 0.193. The lowest BCUT2D eigenvalue weighted by atomic mass is 10.0. The second-order valence-corrected chi connectivity index (χ2v) is 8.21. The van der Waals surface area contributed by atoms with Gasteiger partial charge in [0.2, 0.25) is 11.9 Å². The van der Waals surface area contributed by atoms with Crippen molar-refractivity contribution in [1.82, 2.24) is 14.9 Å². The van der Waals surface area contributed by atoms with Crippen molar-refractivity contribution in [1.29, 1.82) is 0 Å². The summed E-state index contributed by atoms with van der Waals surface area (Å²) in [4.78, 5) is 28.1. The van der Waals surface area contributed by atoms with Gasteiger partial charge in [-0.3, -0.25) is 9.69 Å². The van der Waals surface area contributed by atoms with E-state index in [1.54, 1.807) is 19.5 Å². The standard InChI is InChI=1S/C25H27N5O2/c1-32-23-5-2-4-20(16-23)19-6-8-21(9-7-19)30-18-22(17-24(30)31)28-12-14-29(15-13-28)25-26-10-3-11-27-25/h2-11,16,22H,12-15,17-18H2,1H3. The Morgan fingerprint density at radius 2 is 1.66 bits per heavy atom. The smallest absolute Gasteiger partial charge is 0.228 e. The fraction of sp³-hybridized carbons (Fsp3) is 0.320. The van der Waals surface area contributed by atoms with E-state index < -0.39 is 0 Å². The monoisotopic (exact) mass is 429 g/mol. The van der Waals surface area contributed by atoms with Crippen LogP contribution >= 0.6 is 0 Å². The van der Waals surface area contributed by atoms with Gasteiger partial charge in [0, 0.05) is 63.3 Å². The summed E-state index contributed by atoms with van der Waals surface area (Å²) in [6.07, 6.45) is 4.13. The average molecular weight is 430 g/mol. The molecule has 2 aromatic carbocycles. The van der Waals surface area contributed by atoms with Crippen molar-refractivity contribution in [2.75, 3.05) is 49.6 Å². The highest BCUT2D eigenvalue weighted by atomic mass is 16.5. The molecule has 0 saturated carbocycles. The van der Waals surface area contributed by atoms with Gasteiger partial charge in [0.05, 0.1) is 7.11 Å². The summed E-state index contributed by atoms with van der Waals surface area (Å²) in [6, 6.07) is 18.3. The molecule has 164 valence electrons. The van der Waals surface area contributed by atoms with Gasteiger partial charge in [-0.2, -0.15) is 0 Å². The van der Waals surface area contributed by atoms with Crippen molar-refractivity contribution in [2.45, 2.75) is 12.5 Å². The van der Waals surface area contributed by atoms with Crippen LogP contribution in [0.3, 0.4) is 0 Å². The van der Waals surface area contributed by atoms with Crippen LogP contribution in [0, 0.1) is 0 Å². The summed E-state index contributed by atoms with van der Waals surface area (Å²) in [5.41, 5.74) is 3.16. The zero-order chi connectivity index (χ0) is 21.9. The first-order chi connectivity index (χ1) is 15.7. The summed E-state index contributed by atoms with van der Waals surface area (Å²) in [5.74, 6) is 1.81. The molecule has 2 aliphatic heterocycles. The Hall–Kier alpha value is -3.45. The van der Waals surface area contributed by atoms with E-state index in [1.165, 1.54) is 0 Å². The zero-order valence-corrected chi connectivity index (χ0v) is 18.2. The van der Waals surface area contributed by atoms with Gasteiger partial charge in [0.1, 0.15) is 5.75 Å². The third-order valence-electron chi connectivity index (χ3n) is 6.35. The van der Waals surface area contributed by atoms with Crippen LogP contribution in [0.1, 0.15) is 6.42 Å². The van der Waals surface area contributed by atoms with Crippen LogP contribution in [-0.4, -0.2) is 66.7 Å². The first kappa shape index (κ1) is 20.5. The maximum Gasteiger partial charge on any atom is 0.228 e. The van der Waals surface area contributed by atoms with Crippen LogP contribution < -0.4 is 14.5 Å². The van der Waals surface area contributed by atoms with Crippen LogP contribution in [0.2, 0.25) is 0 Å². The predicted molar refractivity (Wildman–Crippen MR) is 125 cm³/mol. The molecule has 7 nitrogen and oxygen atoms in total. The van der Waals surface area contributed by atoms with E-state index in [0.717, 1.165) is 61.2 Å². The van der Waals surface area contributed by atoms with Crippen LogP contribution in [0.5, 0.6) is 5.75 Å². The highest BCUT2D eigenvalue weighted by Crippen LogP contribution is 2.29. The Bertz CT molecular complexity index is 1070. The van der Waals surface area contributed by atoms with Gasteiger partial charge < -0.3 is 14.5 Å². The maximum atomic E-state index is 12.8. The highest BCUT2D eigenvalue weighted by Gasteiger charge is 2.35. The predicted octanol–water partition coefficient (Wildman–Crippen LogP) is 3.08. The minimum Gasteiger partial charge on any atom is -0.497 e. The largest absolute Gasteiger partial charge is 0.497 e. The Morgan fingerprint density at radius 1 is 0.906 bits per heavy atom. The lowest BCUT2D eigenvalue weighted by Crippen LogP contribution is -2.51. The molecule has 2 aliphatic rings. The molecule has 3 aromatic rings. The number of carbonyl (C=O) groups is 1. The number of ether oxygens (including phenoxy) is 1. The summed E-state index contributed by atoms with van der Waals surface area (Å²) in [6.45, 7) is 4.32. The Labute approximate surface area is 188 Å². The van der Waals surface area contributed by atoms with Crippen LogP contribution in [0.25, 0.3) is 11.1 Å². The average Bonchev–Trinajstić information content (AvgIpc) is 3.26. The van der Waals surface area contributed by atoms with Crippen molar-refractivity contribution in [3.63, 3.8) is 0 Å². The SMILES string of the molecule is COc1cccc(-c2ccc(N3CC(N4CCN(c5ncccn5)CC4)CC3=O)cc2)c1. The Kier molecular flexibility index (Phi) is 5.73. The van der Waals surface area contributed by atoms with E-state index in [2.05, 4.69) is 38.0 Å². The topological polar surface area (TPSA) is 61.8 Å². The lowest BCUT2D eigenvalue weighted by Gasteiger charge is -2.37. The van der Waals surface area contributed by atoms with Crippen LogP contribution in [0.4, 0.5) is 11.6 Å². The molecule has 1 unspecified atom stereocenters. The number of aromatic nitrogens is 2. The van der Waals surface area contributed by atoms with Crippen molar-refractivity contribution >= 4 is 17.5 Å². The molecule has 0 aliphatic carbocycles. The molecule has 0 spiro atoms. The van der Waals surface area contributed by atoms with Crippen molar-refractivity contribution in [3.05, 3.63) is 67.0 Å². The number of benzene rings is 2. The molecule has 2 fully saturated rings. The van der Waals surface area contributed by atoms with Gasteiger partial charge >= 0.3 is 0 Å². The van der Waals surface area contributed by atoms with Crippen molar-refractivity contribution in [2.24, 2.45) is 0 Å². The summed E-state index contributed by atoms with van der Waals surface area (Å²) in [5, 5.41) is 0. The number of amides is 1. The number of nitrogens with zero attached hydrogens (tertiary/aromatic N) is 5. The third-order valence-corrected chi connectivity index (χ3v) is 6.35. The summed E-state index contributed by atoms with van der Waals surface area (Å²) >= 11 is 0. The van der Waals surface area contributed by atoms with Gasteiger partial charge in [-0.25, -0.2) is 9.97 Å². The molecule has 1 aromatic heterocycles. The lowest BCUT2D eigenvalue weighted by molar-refractivity contribution is -0.117. The number of methoxy groups -OCH3 is 1. The van der Waals surface area contributed by atoms with E-state index in [9.17, 15) is 4.79 Å². The molecule has 0 bridgehead atoms. The Balaban J connectivity index is 1.22. The quantitative estimate of drug-likeness (QED) is 0.621. The third kappa shape index (κ3) is 4.16. The fourth-order valence-corrected chi connectivity index (χ4v) is 4.56. The number of hydrogen-bond donors (Lipinski definition) is 0. The van der Waals surface area contributed by atoms with E-state index >= 15 is 0 Å². The molecular weight excluding hydrogens is 402 g/mol. The molecule has 2 saturated heterocycles.